The lowest BCUT2D eigenvalue weighted by molar-refractivity contribution is -0.385. The molecule has 114 valence electrons. The summed E-state index contributed by atoms with van der Waals surface area (Å²) in [5.41, 5.74) is 5.08. The van der Waals surface area contributed by atoms with Gasteiger partial charge in [-0.25, -0.2) is 4.98 Å². The minimum absolute atomic E-state index is 0.0374. The van der Waals surface area contributed by atoms with Crippen LogP contribution in [0.2, 0.25) is 0 Å². The van der Waals surface area contributed by atoms with Gasteiger partial charge in [0.1, 0.15) is 12.0 Å². The fraction of sp³-hybridized carbons (Fsp3) is 0.538. The number of pyridine rings is 1. The Bertz CT molecular complexity index is 561. The van der Waals surface area contributed by atoms with Crippen LogP contribution in [0, 0.1) is 16.0 Å². The second kappa shape index (κ2) is 6.04. The fourth-order valence-corrected chi connectivity index (χ4v) is 2.58. The third kappa shape index (κ3) is 3.27. The lowest BCUT2D eigenvalue weighted by Gasteiger charge is -2.35. The summed E-state index contributed by atoms with van der Waals surface area (Å²) >= 11 is 0. The monoisotopic (exact) mass is 294 g/mol. The smallest absolute Gasteiger partial charge is 0.288 e. The summed E-state index contributed by atoms with van der Waals surface area (Å²) in [6.45, 7) is 2.95. The number of aliphatic hydroxyl groups is 1. The molecule has 2 unspecified atom stereocenters. The molecule has 3 N–H and O–H groups in total. The number of anilines is 1. The number of hydrogen-bond donors (Lipinski definition) is 2. The number of amides is 1. The van der Waals surface area contributed by atoms with Gasteiger partial charge < -0.3 is 15.7 Å². The van der Waals surface area contributed by atoms with Gasteiger partial charge in [0.2, 0.25) is 0 Å². The number of piperidine rings is 1. The molecular weight excluding hydrogens is 276 g/mol. The Balaban J connectivity index is 2.34. The van der Waals surface area contributed by atoms with E-state index < -0.39 is 16.9 Å². The van der Waals surface area contributed by atoms with Crippen molar-refractivity contribution >= 4 is 17.4 Å². The minimum Gasteiger partial charge on any atom is -0.393 e. The Kier molecular flexibility index (Phi) is 4.37. The zero-order valence-corrected chi connectivity index (χ0v) is 11.7. The van der Waals surface area contributed by atoms with Crippen molar-refractivity contribution in [2.45, 2.75) is 25.9 Å². The molecule has 0 bridgehead atoms. The third-order valence-electron chi connectivity index (χ3n) is 3.77. The predicted molar refractivity (Wildman–Crippen MR) is 76.0 cm³/mol. The second-order valence-electron chi connectivity index (χ2n) is 5.27. The van der Waals surface area contributed by atoms with Gasteiger partial charge in [0.15, 0.2) is 0 Å². The molecular formula is C13H18N4O4. The maximum atomic E-state index is 11.5. The van der Waals surface area contributed by atoms with Crippen LogP contribution < -0.4 is 10.6 Å². The van der Waals surface area contributed by atoms with Gasteiger partial charge in [-0.15, -0.1) is 0 Å². The van der Waals surface area contributed by atoms with Gasteiger partial charge in [0, 0.05) is 25.1 Å². The average molecular weight is 294 g/mol. The number of nitrogens with two attached hydrogens (primary N) is 1. The molecule has 1 aromatic rings. The van der Waals surface area contributed by atoms with Crippen molar-refractivity contribution < 1.29 is 14.8 Å². The van der Waals surface area contributed by atoms with Gasteiger partial charge in [0.25, 0.3) is 11.6 Å². The van der Waals surface area contributed by atoms with Crippen molar-refractivity contribution in [3.05, 3.63) is 27.9 Å². The van der Waals surface area contributed by atoms with E-state index in [2.05, 4.69) is 4.98 Å². The number of nitrogens with zero attached hydrogens (tertiary/aromatic N) is 3. The van der Waals surface area contributed by atoms with Crippen LogP contribution in [0.1, 0.15) is 30.1 Å². The highest BCUT2D eigenvalue weighted by molar-refractivity contribution is 5.98. The number of hydrogen-bond acceptors (Lipinski definition) is 6. The second-order valence-corrected chi connectivity index (χ2v) is 5.27. The quantitative estimate of drug-likeness (QED) is 0.622. The van der Waals surface area contributed by atoms with Gasteiger partial charge >= 0.3 is 0 Å². The van der Waals surface area contributed by atoms with E-state index in [0.717, 1.165) is 25.1 Å². The van der Waals surface area contributed by atoms with Crippen molar-refractivity contribution in [3.8, 4) is 0 Å². The molecule has 0 aromatic carbocycles. The van der Waals surface area contributed by atoms with E-state index in [1.54, 1.807) is 6.92 Å². The molecule has 0 saturated carbocycles. The van der Waals surface area contributed by atoms with E-state index in [0.29, 0.717) is 18.9 Å². The average Bonchev–Trinajstić information content (AvgIpc) is 2.46. The van der Waals surface area contributed by atoms with E-state index in [9.17, 15) is 20.0 Å². The standard InChI is InChI=1S/C13H18N4O4/c1-8(18)9-3-2-4-16(7-9)13-11(12(14)19)5-10(6-15-13)17(20)21/h5-6,8-9,18H,2-4,7H2,1H3,(H2,14,19). The first-order valence-electron chi connectivity index (χ1n) is 6.77. The summed E-state index contributed by atoms with van der Waals surface area (Å²) in [7, 11) is 0. The van der Waals surface area contributed by atoms with Crippen LogP contribution >= 0.6 is 0 Å². The first-order chi connectivity index (χ1) is 9.90. The first-order valence-corrected chi connectivity index (χ1v) is 6.77. The maximum Gasteiger partial charge on any atom is 0.288 e. The lowest BCUT2D eigenvalue weighted by atomic mass is 9.93. The van der Waals surface area contributed by atoms with Crippen molar-refractivity contribution in [1.82, 2.24) is 4.98 Å². The van der Waals surface area contributed by atoms with E-state index in [1.165, 1.54) is 0 Å². The Morgan fingerprint density at radius 1 is 1.67 bits per heavy atom. The number of primary amides is 1. The topological polar surface area (TPSA) is 123 Å². The number of rotatable bonds is 4. The van der Waals surface area contributed by atoms with E-state index >= 15 is 0 Å². The normalized spacial score (nSPS) is 20.1. The molecule has 8 heteroatoms. The van der Waals surface area contributed by atoms with Crippen molar-refractivity contribution in [3.63, 3.8) is 0 Å². The zero-order valence-electron chi connectivity index (χ0n) is 11.7. The number of aromatic nitrogens is 1. The van der Waals surface area contributed by atoms with Crippen LogP contribution in [0.3, 0.4) is 0 Å². The fourth-order valence-electron chi connectivity index (χ4n) is 2.58. The molecule has 8 nitrogen and oxygen atoms in total. The molecule has 1 fully saturated rings. The highest BCUT2D eigenvalue weighted by atomic mass is 16.6. The van der Waals surface area contributed by atoms with Crippen LogP contribution in [0.25, 0.3) is 0 Å². The van der Waals surface area contributed by atoms with Crippen LogP contribution in [0.4, 0.5) is 11.5 Å². The van der Waals surface area contributed by atoms with Crippen LogP contribution in [-0.2, 0) is 0 Å². The molecule has 2 atom stereocenters. The molecule has 1 amide bonds. The van der Waals surface area contributed by atoms with Gasteiger partial charge in [-0.05, 0) is 19.8 Å². The van der Waals surface area contributed by atoms with E-state index in [1.807, 2.05) is 4.90 Å². The summed E-state index contributed by atoms with van der Waals surface area (Å²) in [4.78, 5) is 27.6. The molecule has 1 aliphatic heterocycles. The van der Waals surface area contributed by atoms with Crippen molar-refractivity contribution in [1.29, 1.82) is 0 Å². The Labute approximate surface area is 121 Å². The highest BCUT2D eigenvalue weighted by Crippen LogP contribution is 2.28. The van der Waals surface area contributed by atoms with E-state index in [-0.39, 0.29) is 17.2 Å². The maximum absolute atomic E-state index is 11.5. The largest absolute Gasteiger partial charge is 0.393 e. The molecule has 1 aliphatic rings. The SMILES string of the molecule is CC(O)C1CCCN(c2ncc([N+](=O)[O-])cc2C(N)=O)C1. The van der Waals surface area contributed by atoms with Crippen LogP contribution in [0.5, 0.6) is 0 Å². The van der Waals surface area contributed by atoms with Crippen LogP contribution in [-0.4, -0.2) is 40.1 Å². The van der Waals surface area contributed by atoms with Crippen LogP contribution in [0.15, 0.2) is 12.3 Å². The molecule has 21 heavy (non-hydrogen) atoms. The van der Waals surface area contributed by atoms with Gasteiger partial charge in [-0.2, -0.15) is 0 Å². The highest BCUT2D eigenvalue weighted by Gasteiger charge is 2.27. The molecule has 1 aromatic heterocycles. The zero-order chi connectivity index (χ0) is 15.6. The Hall–Kier alpha value is -2.22. The molecule has 0 radical (unpaired) electrons. The molecule has 2 rings (SSSR count). The summed E-state index contributed by atoms with van der Waals surface area (Å²) in [5, 5.41) is 20.5. The summed E-state index contributed by atoms with van der Waals surface area (Å²) in [6.07, 6.45) is 2.41. The van der Waals surface area contributed by atoms with Gasteiger partial charge in [-0.1, -0.05) is 0 Å². The van der Waals surface area contributed by atoms with Gasteiger partial charge in [-0.3, -0.25) is 14.9 Å². The number of nitro groups is 1. The number of carbonyl (C=O) groups excluding carboxylic acids is 1. The summed E-state index contributed by atoms with van der Waals surface area (Å²) in [5.74, 6) is -0.324. The molecule has 2 heterocycles. The summed E-state index contributed by atoms with van der Waals surface area (Å²) in [6, 6.07) is 1.15. The van der Waals surface area contributed by atoms with Crippen molar-refractivity contribution in [2.75, 3.05) is 18.0 Å². The molecule has 1 saturated heterocycles. The molecule has 0 spiro atoms. The molecule has 0 aliphatic carbocycles. The third-order valence-corrected chi connectivity index (χ3v) is 3.77. The van der Waals surface area contributed by atoms with E-state index in [4.69, 9.17) is 5.73 Å². The Morgan fingerprint density at radius 3 is 2.95 bits per heavy atom. The lowest BCUT2D eigenvalue weighted by Crippen LogP contribution is -2.41. The number of carbonyl (C=O) groups is 1. The first kappa shape index (κ1) is 15.2. The minimum atomic E-state index is -0.750. The summed E-state index contributed by atoms with van der Waals surface area (Å²) < 4.78 is 0. The Morgan fingerprint density at radius 2 is 2.38 bits per heavy atom. The van der Waals surface area contributed by atoms with Gasteiger partial charge in [0.05, 0.1) is 16.6 Å². The predicted octanol–water partition coefficient (Wildman–Crippen LogP) is 0.686. The number of aliphatic hydroxyl groups excluding tert-OH is 1. The van der Waals surface area contributed by atoms with Crippen molar-refractivity contribution in [2.24, 2.45) is 11.7 Å².